The molecule has 0 N–H and O–H groups in total. The molecule has 25 heavy (non-hydrogen) atoms. The smallest absolute Gasteiger partial charge is 0.726 e. The Morgan fingerprint density at radius 3 is 2.72 bits per heavy atom. The van der Waals surface area contributed by atoms with E-state index < -0.39 is 16.5 Å². The molecule has 0 spiro atoms. The maximum Gasteiger partial charge on any atom is 1.00 e. The largest absolute Gasteiger partial charge is 1.00 e. The summed E-state index contributed by atoms with van der Waals surface area (Å²) in [5.41, 5.74) is 3.95. The number of fused-ring (bicyclic) bond motifs is 4. The van der Waals surface area contributed by atoms with Gasteiger partial charge in [0.2, 0.25) is 10.4 Å². The summed E-state index contributed by atoms with van der Waals surface area (Å²) in [6, 6.07) is 0. The second-order valence-electron chi connectivity index (χ2n) is 7.93. The molecule has 4 rings (SSSR count). The van der Waals surface area contributed by atoms with Crippen molar-refractivity contribution in [2.24, 2.45) is 17.3 Å². The van der Waals surface area contributed by atoms with Gasteiger partial charge in [-0.1, -0.05) is 29.7 Å². The predicted octanol–water partition coefficient (Wildman–Crippen LogP) is 0.0418. The zero-order chi connectivity index (χ0) is 17.1. The molecule has 4 atom stereocenters. The second kappa shape index (κ2) is 6.88. The SMILES string of the molecule is C[C@]12CCC3C(=CCC4=C3CC[C@H](OS(=O)(=O)[O-])C4)C1CCC2=O.[Na+]. The van der Waals surface area contributed by atoms with E-state index >= 15 is 0 Å². The summed E-state index contributed by atoms with van der Waals surface area (Å²) in [4.78, 5) is 12.3. The predicted molar refractivity (Wildman–Crippen MR) is 86.7 cm³/mol. The van der Waals surface area contributed by atoms with Gasteiger partial charge in [0.05, 0.1) is 6.10 Å². The van der Waals surface area contributed by atoms with E-state index in [9.17, 15) is 17.8 Å². The van der Waals surface area contributed by atoms with Crippen molar-refractivity contribution in [2.45, 2.75) is 64.4 Å². The molecule has 5 nitrogen and oxygen atoms in total. The van der Waals surface area contributed by atoms with Gasteiger partial charge in [0, 0.05) is 17.8 Å². The Morgan fingerprint density at radius 2 is 2.00 bits per heavy atom. The van der Waals surface area contributed by atoms with E-state index in [1.165, 1.54) is 16.7 Å². The van der Waals surface area contributed by atoms with Crippen LogP contribution in [-0.4, -0.2) is 24.9 Å². The number of carbonyl (C=O) groups is 1. The van der Waals surface area contributed by atoms with E-state index in [1.807, 2.05) is 0 Å². The van der Waals surface area contributed by atoms with Crippen LogP contribution in [-0.2, 0) is 19.4 Å². The second-order valence-corrected chi connectivity index (χ2v) is 8.94. The quantitative estimate of drug-likeness (QED) is 0.295. The summed E-state index contributed by atoms with van der Waals surface area (Å²) in [5, 5.41) is 0. The van der Waals surface area contributed by atoms with Crippen LogP contribution in [0.1, 0.15) is 58.3 Å². The van der Waals surface area contributed by atoms with Crippen molar-refractivity contribution in [3.05, 3.63) is 22.8 Å². The van der Waals surface area contributed by atoms with Gasteiger partial charge in [-0.2, -0.15) is 0 Å². The minimum absolute atomic E-state index is 0. The monoisotopic (exact) mass is 374 g/mol. The first-order valence-electron chi connectivity index (χ1n) is 8.86. The Morgan fingerprint density at radius 1 is 1.24 bits per heavy atom. The third-order valence-corrected chi connectivity index (χ3v) is 7.25. The van der Waals surface area contributed by atoms with Crippen molar-refractivity contribution in [3.8, 4) is 0 Å². The molecule has 2 saturated carbocycles. The molecule has 4 aliphatic rings. The minimum Gasteiger partial charge on any atom is -0.726 e. The first-order chi connectivity index (χ1) is 11.3. The number of hydrogen-bond donors (Lipinski definition) is 0. The van der Waals surface area contributed by atoms with E-state index in [-0.39, 0.29) is 35.0 Å². The maximum atomic E-state index is 12.3. The molecular formula is C18H23NaO5S. The van der Waals surface area contributed by atoms with Crippen LogP contribution in [0.5, 0.6) is 0 Å². The fraction of sp³-hybridized carbons (Fsp3) is 0.722. The van der Waals surface area contributed by atoms with Gasteiger partial charge in [0.25, 0.3) is 0 Å². The number of hydrogen-bond acceptors (Lipinski definition) is 5. The third kappa shape index (κ3) is 3.46. The Labute approximate surface area is 171 Å². The number of ketones is 1. The molecule has 7 heteroatoms. The molecule has 0 amide bonds. The zero-order valence-corrected chi connectivity index (χ0v) is 17.7. The van der Waals surface area contributed by atoms with E-state index in [0.717, 1.165) is 32.1 Å². The molecule has 0 saturated heterocycles. The van der Waals surface area contributed by atoms with Gasteiger partial charge in [-0.3, -0.25) is 8.98 Å². The molecular weight excluding hydrogens is 351 g/mol. The summed E-state index contributed by atoms with van der Waals surface area (Å²) >= 11 is 0. The van der Waals surface area contributed by atoms with Crippen molar-refractivity contribution in [3.63, 3.8) is 0 Å². The molecule has 0 radical (unpaired) electrons. The fourth-order valence-corrected chi connectivity index (χ4v) is 6.06. The van der Waals surface area contributed by atoms with Gasteiger partial charge < -0.3 is 4.55 Å². The van der Waals surface area contributed by atoms with Crippen LogP contribution >= 0.6 is 0 Å². The number of Topliss-reactive ketones (excluding diaryl/α,β-unsaturated/α-hetero) is 1. The van der Waals surface area contributed by atoms with Crippen LogP contribution < -0.4 is 29.6 Å². The normalized spacial score (nSPS) is 37.6. The molecule has 0 aromatic carbocycles. The van der Waals surface area contributed by atoms with Crippen molar-refractivity contribution >= 4 is 16.2 Å². The van der Waals surface area contributed by atoms with Crippen molar-refractivity contribution in [1.29, 1.82) is 0 Å². The summed E-state index contributed by atoms with van der Waals surface area (Å²) < 4.78 is 37.2. The van der Waals surface area contributed by atoms with E-state index in [4.69, 9.17) is 0 Å². The van der Waals surface area contributed by atoms with Crippen LogP contribution in [0.2, 0.25) is 0 Å². The molecule has 2 fully saturated rings. The topological polar surface area (TPSA) is 83.5 Å². The van der Waals surface area contributed by atoms with Crippen molar-refractivity contribution in [2.75, 3.05) is 0 Å². The number of allylic oxidation sites excluding steroid dienone is 3. The number of rotatable bonds is 2. The van der Waals surface area contributed by atoms with E-state index in [1.54, 1.807) is 0 Å². The van der Waals surface area contributed by atoms with Crippen molar-refractivity contribution in [1.82, 2.24) is 0 Å². The summed E-state index contributed by atoms with van der Waals surface area (Å²) in [6.45, 7) is 2.14. The average Bonchev–Trinajstić information content (AvgIpc) is 2.81. The first-order valence-corrected chi connectivity index (χ1v) is 10.2. The van der Waals surface area contributed by atoms with Crippen LogP contribution in [0.4, 0.5) is 0 Å². The Hall–Kier alpha value is 0.0200. The van der Waals surface area contributed by atoms with Crippen LogP contribution in [0.25, 0.3) is 0 Å². The molecule has 4 aliphatic carbocycles. The zero-order valence-electron chi connectivity index (χ0n) is 14.9. The van der Waals surface area contributed by atoms with Crippen molar-refractivity contribution < 1.29 is 51.5 Å². The van der Waals surface area contributed by atoms with Gasteiger partial charge in [-0.05, 0) is 50.9 Å². The molecule has 0 aromatic rings. The third-order valence-electron chi connectivity index (χ3n) is 6.75. The van der Waals surface area contributed by atoms with Gasteiger partial charge >= 0.3 is 29.6 Å². The average molecular weight is 374 g/mol. The van der Waals surface area contributed by atoms with Gasteiger partial charge in [-0.15, -0.1) is 0 Å². The molecule has 0 heterocycles. The molecule has 0 aromatic heterocycles. The maximum absolute atomic E-state index is 12.3. The van der Waals surface area contributed by atoms with E-state index in [2.05, 4.69) is 17.2 Å². The van der Waals surface area contributed by atoms with E-state index in [0.29, 0.717) is 36.9 Å². The summed E-state index contributed by atoms with van der Waals surface area (Å²) in [6.07, 6.45) is 8.13. The standard InChI is InChI=1S/C18H24O5S.Na/c1-18-9-8-14-13-5-3-12(23-24(20,21)22)10-11(13)2-4-15(14)16(18)6-7-17(18)19;/h4,12,14,16H,2-3,5-10H2,1H3,(H,20,21,22);/q;+1/p-1/t12-,14?,16?,18-;/m0./s1. The van der Waals surface area contributed by atoms with Crippen LogP contribution in [0, 0.1) is 17.3 Å². The fourth-order valence-electron chi connectivity index (χ4n) is 5.56. The van der Waals surface area contributed by atoms with Crippen LogP contribution in [0.3, 0.4) is 0 Å². The van der Waals surface area contributed by atoms with Gasteiger partial charge in [0.1, 0.15) is 5.78 Å². The van der Waals surface area contributed by atoms with Gasteiger partial charge in [-0.25, -0.2) is 8.42 Å². The summed E-state index contributed by atoms with van der Waals surface area (Å²) in [7, 11) is -4.64. The van der Waals surface area contributed by atoms with Gasteiger partial charge in [0.15, 0.2) is 0 Å². The molecule has 0 aliphatic heterocycles. The Kier molecular flexibility index (Phi) is 5.44. The minimum atomic E-state index is -4.64. The number of carbonyl (C=O) groups excluding carboxylic acids is 1. The Bertz CT molecular complexity index is 753. The molecule has 0 bridgehead atoms. The van der Waals surface area contributed by atoms with Crippen LogP contribution in [0.15, 0.2) is 22.8 Å². The first kappa shape index (κ1) is 19.8. The Balaban J connectivity index is 0.00000182. The summed E-state index contributed by atoms with van der Waals surface area (Å²) in [5.74, 6) is 1.22. The molecule has 132 valence electrons. The molecule has 2 unspecified atom stereocenters.